The van der Waals surface area contributed by atoms with Gasteiger partial charge in [-0.2, -0.15) is 20.4 Å². The van der Waals surface area contributed by atoms with Crippen molar-refractivity contribution >= 4 is 0 Å². The summed E-state index contributed by atoms with van der Waals surface area (Å²) >= 11 is 0. The van der Waals surface area contributed by atoms with Crippen LogP contribution < -0.4 is 0 Å². The maximum atomic E-state index is 4.14. The summed E-state index contributed by atoms with van der Waals surface area (Å²) in [6.07, 6.45) is 3.81. The van der Waals surface area contributed by atoms with Crippen molar-refractivity contribution in [3.8, 4) is 0 Å². The van der Waals surface area contributed by atoms with Gasteiger partial charge in [0.1, 0.15) is 0 Å². The van der Waals surface area contributed by atoms with Gasteiger partial charge in [0.15, 0.2) is 0 Å². The smallest absolute Gasteiger partial charge is 0.0629 e. The Bertz CT molecular complexity index is 1070. The second-order valence-electron chi connectivity index (χ2n) is 9.33. The van der Waals surface area contributed by atoms with E-state index < -0.39 is 0 Å². The fourth-order valence-electron chi connectivity index (χ4n) is 2.89. The molecule has 0 saturated heterocycles. The minimum absolute atomic E-state index is 0. The zero-order chi connectivity index (χ0) is 27.4. The van der Waals surface area contributed by atoms with Crippen molar-refractivity contribution in [1.29, 1.82) is 0 Å². The van der Waals surface area contributed by atoms with Crippen LogP contribution in [0, 0.1) is 83.1 Å². The molecule has 0 radical (unpaired) electrons. The molecule has 0 aliphatic carbocycles. The van der Waals surface area contributed by atoms with E-state index in [1.54, 1.807) is 0 Å². The second kappa shape index (κ2) is 19.5. The lowest BCUT2D eigenvalue weighted by Crippen LogP contribution is -1.91. The third-order valence-corrected chi connectivity index (χ3v) is 5.73. The first-order valence-corrected chi connectivity index (χ1v) is 12.1. The molecule has 0 bridgehead atoms. The molecule has 4 aromatic heterocycles. The maximum absolute atomic E-state index is 4.14. The molecular weight excluding hydrogens is 480 g/mol. The summed E-state index contributed by atoms with van der Waals surface area (Å²) in [6, 6.07) is 8.25. The third kappa shape index (κ3) is 15.5. The topological polar surface area (TPSA) is 77.3 Å². The molecule has 0 aromatic carbocycles. The molecule has 0 spiro atoms. The number of pyridine rings is 2. The lowest BCUT2D eigenvalue weighted by atomic mass is 10.2. The van der Waals surface area contributed by atoms with Gasteiger partial charge in [-0.3, -0.25) is 9.97 Å². The first-order chi connectivity index (χ1) is 16.8. The summed E-state index contributed by atoms with van der Waals surface area (Å²) in [5.41, 5.74) is 13.8. The molecule has 6 nitrogen and oxygen atoms in total. The van der Waals surface area contributed by atoms with Gasteiger partial charge >= 0.3 is 0 Å². The SMILES string of the molecule is C.C.C.Cc1cc(C)c(C)cn1.Cc1cc(C)c(C)cn1.Cc1cc(C)c(C)nn1.Cc1cc(C)c(C)nn1. The molecule has 0 aliphatic rings. The fourth-order valence-corrected chi connectivity index (χ4v) is 2.89. The van der Waals surface area contributed by atoms with Crippen LogP contribution in [-0.4, -0.2) is 30.4 Å². The van der Waals surface area contributed by atoms with Crippen molar-refractivity contribution in [2.75, 3.05) is 0 Å². The van der Waals surface area contributed by atoms with Crippen LogP contribution in [0.2, 0.25) is 0 Å². The van der Waals surface area contributed by atoms with Crippen LogP contribution >= 0.6 is 0 Å². The molecule has 0 N–H and O–H groups in total. The summed E-state index contributed by atoms with van der Waals surface area (Å²) in [4.78, 5) is 8.28. The molecule has 0 unspecified atom stereocenters. The highest BCUT2D eigenvalue weighted by atomic mass is 15.1. The Balaban J connectivity index is -0.000000432. The van der Waals surface area contributed by atoms with E-state index in [0.29, 0.717) is 0 Å². The second-order valence-corrected chi connectivity index (χ2v) is 9.33. The Kier molecular flexibility index (Phi) is 20.0. The molecule has 6 heteroatoms. The molecule has 0 amide bonds. The summed E-state index contributed by atoms with van der Waals surface area (Å²) < 4.78 is 0. The quantitative estimate of drug-likeness (QED) is 0.224. The van der Waals surface area contributed by atoms with E-state index in [0.717, 1.165) is 34.2 Å². The van der Waals surface area contributed by atoms with Crippen LogP contribution in [-0.2, 0) is 0 Å². The molecule has 0 atom stereocenters. The summed E-state index contributed by atoms with van der Waals surface area (Å²) in [7, 11) is 0. The average Bonchev–Trinajstić information content (AvgIpc) is 2.81. The van der Waals surface area contributed by atoms with Crippen molar-refractivity contribution in [2.24, 2.45) is 0 Å². The van der Waals surface area contributed by atoms with Gasteiger partial charge in [0.25, 0.3) is 0 Å². The normalized spacial score (nSPS) is 8.92. The number of hydrogen-bond donors (Lipinski definition) is 0. The monoisotopic (exact) mass is 534 g/mol. The first-order valence-electron chi connectivity index (χ1n) is 12.1. The van der Waals surface area contributed by atoms with Crippen LogP contribution in [0.15, 0.2) is 36.7 Å². The molecular formula is C33H54N6. The lowest BCUT2D eigenvalue weighted by Gasteiger charge is -1.97. The highest BCUT2D eigenvalue weighted by Gasteiger charge is 1.94. The van der Waals surface area contributed by atoms with E-state index in [1.165, 1.54) is 33.4 Å². The number of aromatic nitrogens is 6. The van der Waals surface area contributed by atoms with Crippen LogP contribution in [0.25, 0.3) is 0 Å². The molecule has 0 saturated carbocycles. The minimum atomic E-state index is 0. The lowest BCUT2D eigenvalue weighted by molar-refractivity contribution is 0.924. The molecule has 0 fully saturated rings. The summed E-state index contributed by atoms with van der Waals surface area (Å²) in [5, 5.41) is 15.6. The van der Waals surface area contributed by atoms with E-state index in [2.05, 4.69) is 70.2 Å². The van der Waals surface area contributed by atoms with Crippen LogP contribution in [0.4, 0.5) is 0 Å². The first kappa shape index (κ1) is 40.0. The molecule has 216 valence electrons. The fraction of sp³-hybridized carbons (Fsp3) is 0.455. The van der Waals surface area contributed by atoms with E-state index in [4.69, 9.17) is 0 Å². The minimum Gasteiger partial charge on any atom is -0.261 e. The van der Waals surface area contributed by atoms with Gasteiger partial charge in [0.2, 0.25) is 0 Å². The standard InChI is InChI=1S/2C8H11N.2C7H10N2.3CH4/c2*1-6-4-8(3)9-5-7(6)2;2*1-5-4-6(2)8-9-7(5)3;;;/h2*4-5H,1-3H3;2*4H,1-3H3;3*1H4. The summed E-state index contributed by atoms with van der Waals surface area (Å²) in [6.45, 7) is 24.2. The molecule has 4 aromatic rings. The molecule has 4 rings (SSSR count). The Morgan fingerprint density at radius 2 is 0.615 bits per heavy atom. The molecule has 0 aliphatic heterocycles. The highest BCUT2D eigenvalue weighted by molar-refractivity contribution is 5.23. The van der Waals surface area contributed by atoms with Gasteiger partial charge in [0, 0.05) is 23.8 Å². The van der Waals surface area contributed by atoms with Gasteiger partial charge in [-0.1, -0.05) is 22.3 Å². The molecule has 39 heavy (non-hydrogen) atoms. The Morgan fingerprint density at radius 1 is 0.333 bits per heavy atom. The van der Waals surface area contributed by atoms with Gasteiger partial charge in [-0.05, 0) is 141 Å². The number of aryl methyl sites for hydroxylation is 12. The van der Waals surface area contributed by atoms with Crippen LogP contribution in [0.3, 0.4) is 0 Å². The highest BCUT2D eigenvalue weighted by Crippen LogP contribution is 2.05. The van der Waals surface area contributed by atoms with Crippen molar-refractivity contribution in [3.05, 3.63) is 104 Å². The van der Waals surface area contributed by atoms with Gasteiger partial charge in [-0.15, -0.1) is 0 Å². The van der Waals surface area contributed by atoms with Crippen LogP contribution in [0.5, 0.6) is 0 Å². The predicted molar refractivity (Wildman–Crippen MR) is 170 cm³/mol. The maximum Gasteiger partial charge on any atom is 0.0629 e. The largest absolute Gasteiger partial charge is 0.261 e. The van der Waals surface area contributed by atoms with Gasteiger partial charge < -0.3 is 0 Å². The zero-order valence-electron chi connectivity index (χ0n) is 24.1. The van der Waals surface area contributed by atoms with E-state index in [9.17, 15) is 0 Å². The Morgan fingerprint density at radius 3 is 0.821 bits per heavy atom. The summed E-state index contributed by atoms with van der Waals surface area (Å²) in [5.74, 6) is 0. The van der Waals surface area contributed by atoms with E-state index in [-0.39, 0.29) is 22.3 Å². The third-order valence-electron chi connectivity index (χ3n) is 5.73. The van der Waals surface area contributed by atoms with E-state index in [1.807, 2.05) is 79.9 Å². The number of hydrogen-bond acceptors (Lipinski definition) is 6. The average molecular weight is 535 g/mol. The van der Waals surface area contributed by atoms with Crippen molar-refractivity contribution in [3.63, 3.8) is 0 Å². The molecule has 4 heterocycles. The van der Waals surface area contributed by atoms with Gasteiger partial charge in [0.05, 0.1) is 22.8 Å². The predicted octanol–water partition coefficient (Wildman–Crippen LogP) is 8.73. The zero-order valence-corrected chi connectivity index (χ0v) is 24.1. The number of rotatable bonds is 0. The van der Waals surface area contributed by atoms with E-state index >= 15 is 0 Å². The number of nitrogens with zero attached hydrogens (tertiary/aromatic N) is 6. The Hall–Kier alpha value is -3.54. The van der Waals surface area contributed by atoms with Crippen molar-refractivity contribution < 1.29 is 0 Å². The van der Waals surface area contributed by atoms with Crippen LogP contribution in [0.1, 0.15) is 89.8 Å². The van der Waals surface area contributed by atoms with Gasteiger partial charge in [-0.25, -0.2) is 0 Å². The van der Waals surface area contributed by atoms with Crippen molar-refractivity contribution in [1.82, 2.24) is 30.4 Å². The Labute approximate surface area is 239 Å². The van der Waals surface area contributed by atoms with Crippen molar-refractivity contribution in [2.45, 2.75) is 105 Å².